The van der Waals surface area contributed by atoms with Gasteiger partial charge in [0, 0.05) is 0 Å². The summed E-state index contributed by atoms with van der Waals surface area (Å²) >= 11 is 0. The maximum atomic E-state index is 10.0. The molecule has 0 aromatic heterocycles. The zero-order chi connectivity index (χ0) is 10.4. The van der Waals surface area contributed by atoms with Crippen molar-refractivity contribution in [2.75, 3.05) is 7.11 Å². The maximum Gasteiger partial charge on any atom is 0.235 e. The van der Waals surface area contributed by atoms with Crippen molar-refractivity contribution < 1.29 is 9.53 Å². The van der Waals surface area contributed by atoms with Crippen molar-refractivity contribution in [1.82, 2.24) is 0 Å². The van der Waals surface area contributed by atoms with Gasteiger partial charge in [-0.1, -0.05) is 18.2 Å². The van der Waals surface area contributed by atoms with E-state index in [1.807, 2.05) is 31.2 Å². The van der Waals surface area contributed by atoms with Crippen LogP contribution in [0.5, 0.6) is 5.75 Å². The zero-order valence-electron chi connectivity index (χ0n) is 8.36. The largest absolute Gasteiger partial charge is 0.496 e. The summed E-state index contributed by atoms with van der Waals surface area (Å²) in [6.07, 6.45) is 2.25. The summed E-state index contributed by atoms with van der Waals surface area (Å²) in [4.78, 5) is 13.7. The standard InChI is InChI=1S/C11H13NO2/c1-9(12-8-13)7-10-5-3-4-6-11(10)14-2/h3-6,9H,7H2,1-2H3. The van der Waals surface area contributed by atoms with E-state index in [9.17, 15) is 4.79 Å². The molecule has 3 nitrogen and oxygen atoms in total. The summed E-state index contributed by atoms with van der Waals surface area (Å²) in [5, 5.41) is 0. The van der Waals surface area contributed by atoms with Crippen LogP contribution in [0.15, 0.2) is 29.3 Å². The van der Waals surface area contributed by atoms with Gasteiger partial charge >= 0.3 is 0 Å². The van der Waals surface area contributed by atoms with Crippen molar-refractivity contribution in [2.24, 2.45) is 4.99 Å². The topological polar surface area (TPSA) is 38.7 Å². The first-order valence-corrected chi connectivity index (χ1v) is 4.46. The van der Waals surface area contributed by atoms with Gasteiger partial charge in [0.1, 0.15) is 5.75 Å². The molecule has 0 saturated carbocycles. The van der Waals surface area contributed by atoms with Gasteiger partial charge in [-0.05, 0) is 25.0 Å². The van der Waals surface area contributed by atoms with Crippen LogP contribution in [-0.2, 0) is 11.2 Å². The van der Waals surface area contributed by atoms with Crippen molar-refractivity contribution >= 4 is 6.08 Å². The number of ether oxygens (including phenoxy) is 1. The van der Waals surface area contributed by atoms with Crippen LogP contribution in [0.2, 0.25) is 0 Å². The van der Waals surface area contributed by atoms with Crippen LogP contribution in [0, 0.1) is 0 Å². The third-order valence-electron chi connectivity index (χ3n) is 1.98. The Morgan fingerprint density at radius 2 is 2.21 bits per heavy atom. The molecule has 0 amide bonds. The minimum atomic E-state index is -0.0520. The van der Waals surface area contributed by atoms with E-state index in [4.69, 9.17) is 4.74 Å². The monoisotopic (exact) mass is 191 g/mol. The average Bonchev–Trinajstić information content (AvgIpc) is 2.19. The Kier molecular flexibility index (Phi) is 3.89. The van der Waals surface area contributed by atoms with Crippen molar-refractivity contribution in [2.45, 2.75) is 19.4 Å². The molecule has 0 bridgehead atoms. The van der Waals surface area contributed by atoms with Crippen molar-refractivity contribution in [1.29, 1.82) is 0 Å². The number of methoxy groups -OCH3 is 1. The highest BCUT2D eigenvalue weighted by atomic mass is 16.5. The fourth-order valence-electron chi connectivity index (χ4n) is 1.33. The predicted molar refractivity (Wildman–Crippen MR) is 54.3 cm³/mol. The number of isocyanates is 1. The molecule has 0 N–H and O–H groups in total. The number of benzene rings is 1. The van der Waals surface area contributed by atoms with E-state index in [1.54, 1.807) is 13.2 Å². The SMILES string of the molecule is COc1ccccc1CC(C)N=C=O. The van der Waals surface area contributed by atoms with Crippen LogP contribution in [0.1, 0.15) is 12.5 Å². The van der Waals surface area contributed by atoms with Crippen LogP contribution in [0.25, 0.3) is 0 Å². The molecule has 1 aromatic rings. The van der Waals surface area contributed by atoms with Crippen LogP contribution >= 0.6 is 0 Å². The fraction of sp³-hybridized carbons (Fsp3) is 0.364. The Morgan fingerprint density at radius 3 is 2.86 bits per heavy atom. The molecule has 1 rings (SSSR count). The van der Waals surface area contributed by atoms with Gasteiger partial charge in [0.05, 0.1) is 13.2 Å². The van der Waals surface area contributed by atoms with Gasteiger partial charge < -0.3 is 4.74 Å². The summed E-state index contributed by atoms with van der Waals surface area (Å²) in [7, 11) is 1.63. The highest BCUT2D eigenvalue weighted by molar-refractivity contribution is 5.36. The molecule has 0 aliphatic heterocycles. The maximum absolute atomic E-state index is 10.0. The lowest BCUT2D eigenvalue weighted by molar-refractivity contribution is 0.408. The molecule has 74 valence electrons. The van der Waals surface area contributed by atoms with Crippen molar-refractivity contribution in [3.05, 3.63) is 29.8 Å². The molecular weight excluding hydrogens is 178 g/mol. The van der Waals surface area contributed by atoms with E-state index in [0.29, 0.717) is 6.42 Å². The van der Waals surface area contributed by atoms with Gasteiger partial charge in [-0.2, -0.15) is 0 Å². The van der Waals surface area contributed by atoms with Crippen LogP contribution in [-0.4, -0.2) is 19.2 Å². The van der Waals surface area contributed by atoms with Gasteiger partial charge in [0.15, 0.2) is 0 Å². The fourth-order valence-corrected chi connectivity index (χ4v) is 1.33. The second-order valence-corrected chi connectivity index (χ2v) is 3.09. The van der Waals surface area contributed by atoms with E-state index in [1.165, 1.54) is 0 Å². The Morgan fingerprint density at radius 1 is 1.50 bits per heavy atom. The van der Waals surface area contributed by atoms with Crippen LogP contribution < -0.4 is 4.74 Å². The Balaban J connectivity index is 2.79. The third kappa shape index (κ3) is 2.71. The number of aliphatic imine (C=N–C) groups is 1. The number of rotatable bonds is 4. The minimum Gasteiger partial charge on any atom is -0.496 e. The van der Waals surface area contributed by atoms with Gasteiger partial charge in [0.25, 0.3) is 0 Å². The molecule has 0 spiro atoms. The van der Waals surface area contributed by atoms with Gasteiger partial charge in [-0.25, -0.2) is 9.79 Å². The summed E-state index contributed by atoms with van der Waals surface area (Å²) in [6, 6.07) is 7.66. The highest BCUT2D eigenvalue weighted by Gasteiger charge is 2.05. The predicted octanol–water partition coefficient (Wildman–Crippen LogP) is 1.96. The number of nitrogens with zero attached hydrogens (tertiary/aromatic N) is 1. The zero-order valence-corrected chi connectivity index (χ0v) is 8.36. The van der Waals surface area contributed by atoms with Crippen LogP contribution in [0.3, 0.4) is 0 Å². The highest BCUT2D eigenvalue weighted by Crippen LogP contribution is 2.19. The summed E-state index contributed by atoms with van der Waals surface area (Å²) in [5.74, 6) is 0.834. The quantitative estimate of drug-likeness (QED) is 0.539. The molecule has 1 atom stereocenters. The summed E-state index contributed by atoms with van der Waals surface area (Å²) in [6.45, 7) is 1.87. The van der Waals surface area contributed by atoms with Crippen molar-refractivity contribution in [3.8, 4) is 5.75 Å². The molecule has 0 aliphatic rings. The Bertz CT molecular complexity index is 343. The Labute approximate surface area is 83.4 Å². The smallest absolute Gasteiger partial charge is 0.235 e. The average molecular weight is 191 g/mol. The number of hydrogen-bond donors (Lipinski definition) is 0. The van der Waals surface area contributed by atoms with E-state index >= 15 is 0 Å². The molecular formula is C11H13NO2. The number of hydrogen-bond acceptors (Lipinski definition) is 3. The summed E-state index contributed by atoms with van der Waals surface area (Å²) < 4.78 is 5.18. The van der Waals surface area contributed by atoms with E-state index in [0.717, 1.165) is 11.3 Å². The molecule has 1 unspecified atom stereocenters. The van der Waals surface area contributed by atoms with Crippen LogP contribution in [0.4, 0.5) is 0 Å². The molecule has 0 fully saturated rings. The summed E-state index contributed by atoms with van der Waals surface area (Å²) in [5.41, 5.74) is 1.06. The van der Waals surface area contributed by atoms with E-state index in [-0.39, 0.29) is 6.04 Å². The van der Waals surface area contributed by atoms with E-state index in [2.05, 4.69) is 4.99 Å². The van der Waals surface area contributed by atoms with E-state index < -0.39 is 0 Å². The normalized spacial score (nSPS) is 11.6. The number of para-hydroxylation sites is 1. The first-order chi connectivity index (χ1) is 6.77. The molecule has 1 aromatic carbocycles. The Hall–Kier alpha value is -1.60. The molecule has 0 heterocycles. The lowest BCUT2D eigenvalue weighted by Crippen LogP contribution is -2.03. The number of carbonyl (C=O) groups excluding carboxylic acids is 1. The second kappa shape index (κ2) is 5.20. The first kappa shape index (κ1) is 10.5. The molecule has 0 radical (unpaired) electrons. The van der Waals surface area contributed by atoms with Crippen molar-refractivity contribution in [3.63, 3.8) is 0 Å². The molecule has 3 heteroatoms. The van der Waals surface area contributed by atoms with Gasteiger partial charge in [-0.15, -0.1) is 0 Å². The lowest BCUT2D eigenvalue weighted by atomic mass is 10.1. The molecule has 0 saturated heterocycles. The second-order valence-electron chi connectivity index (χ2n) is 3.09. The first-order valence-electron chi connectivity index (χ1n) is 4.46. The minimum absolute atomic E-state index is 0.0520. The molecule has 0 aliphatic carbocycles. The lowest BCUT2D eigenvalue weighted by Gasteiger charge is -2.09. The van der Waals surface area contributed by atoms with Gasteiger partial charge in [-0.3, -0.25) is 0 Å². The molecule has 14 heavy (non-hydrogen) atoms. The van der Waals surface area contributed by atoms with Gasteiger partial charge in [0.2, 0.25) is 6.08 Å². The third-order valence-corrected chi connectivity index (χ3v) is 1.98.